The molecule has 4 aromatic rings. The number of hydrogen-bond donors (Lipinski definition) is 1. The van der Waals surface area contributed by atoms with E-state index >= 15 is 0 Å². The van der Waals surface area contributed by atoms with Crippen molar-refractivity contribution in [2.75, 3.05) is 0 Å². The van der Waals surface area contributed by atoms with Crippen molar-refractivity contribution in [3.8, 4) is 0 Å². The highest BCUT2D eigenvalue weighted by molar-refractivity contribution is 5.99. The molecule has 0 saturated carbocycles. The van der Waals surface area contributed by atoms with Gasteiger partial charge < -0.3 is 9.88 Å². The third kappa shape index (κ3) is 4.02. The standard InChI is InChI=1S/C27H28N2O/c1-18-7-5-9-22(13-18)16-28-27(30)24-11-12-26-25(15-24)20(3)21(4)29(26)17-23-10-6-8-19(2)14-23/h5-15H,16-17H2,1-4H3,(H,28,30). The molecule has 0 aliphatic heterocycles. The lowest BCUT2D eigenvalue weighted by Gasteiger charge is -2.10. The van der Waals surface area contributed by atoms with E-state index < -0.39 is 0 Å². The summed E-state index contributed by atoms with van der Waals surface area (Å²) in [6, 6.07) is 22.9. The Labute approximate surface area is 178 Å². The van der Waals surface area contributed by atoms with Gasteiger partial charge in [-0.2, -0.15) is 0 Å². The van der Waals surface area contributed by atoms with Crippen LogP contribution in [0.1, 0.15) is 43.9 Å². The number of amides is 1. The van der Waals surface area contributed by atoms with E-state index in [2.05, 4.69) is 80.0 Å². The first-order valence-corrected chi connectivity index (χ1v) is 10.4. The molecule has 3 heteroatoms. The van der Waals surface area contributed by atoms with Gasteiger partial charge in [-0.3, -0.25) is 4.79 Å². The van der Waals surface area contributed by atoms with Crippen molar-refractivity contribution in [1.82, 2.24) is 9.88 Å². The SMILES string of the molecule is Cc1cccc(CNC(=O)c2ccc3c(c2)c(C)c(C)n3Cc2cccc(C)c2)c1. The molecule has 0 aliphatic rings. The van der Waals surface area contributed by atoms with Gasteiger partial charge in [0.15, 0.2) is 0 Å². The van der Waals surface area contributed by atoms with Gasteiger partial charge in [0.25, 0.3) is 5.91 Å². The van der Waals surface area contributed by atoms with Crippen molar-refractivity contribution < 1.29 is 4.79 Å². The van der Waals surface area contributed by atoms with Crippen molar-refractivity contribution >= 4 is 16.8 Å². The van der Waals surface area contributed by atoms with Crippen molar-refractivity contribution in [2.24, 2.45) is 0 Å². The number of nitrogens with one attached hydrogen (secondary N) is 1. The maximum atomic E-state index is 12.8. The fraction of sp³-hybridized carbons (Fsp3) is 0.222. The second-order valence-electron chi connectivity index (χ2n) is 8.19. The molecule has 0 aliphatic carbocycles. The van der Waals surface area contributed by atoms with Crippen molar-refractivity contribution in [3.05, 3.63) is 106 Å². The number of hydrogen-bond acceptors (Lipinski definition) is 1. The summed E-state index contributed by atoms with van der Waals surface area (Å²) in [5.41, 5.74) is 9.20. The maximum Gasteiger partial charge on any atom is 0.251 e. The van der Waals surface area contributed by atoms with Gasteiger partial charge in [-0.25, -0.2) is 0 Å². The van der Waals surface area contributed by atoms with E-state index in [-0.39, 0.29) is 5.91 Å². The average Bonchev–Trinajstić information content (AvgIpc) is 2.96. The largest absolute Gasteiger partial charge is 0.348 e. The summed E-state index contributed by atoms with van der Waals surface area (Å²) in [7, 11) is 0. The molecule has 0 radical (unpaired) electrons. The highest BCUT2D eigenvalue weighted by Crippen LogP contribution is 2.27. The Hall–Kier alpha value is -3.33. The van der Waals surface area contributed by atoms with Crippen molar-refractivity contribution in [3.63, 3.8) is 0 Å². The molecule has 3 nitrogen and oxygen atoms in total. The third-order valence-corrected chi connectivity index (χ3v) is 5.86. The highest BCUT2D eigenvalue weighted by Gasteiger charge is 2.14. The Morgan fingerprint density at radius 3 is 2.20 bits per heavy atom. The van der Waals surface area contributed by atoms with Crippen LogP contribution < -0.4 is 5.32 Å². The fourth-order valence-electron chi connectivity index (χ4n) is 4.09. The summed E-state index contributed by atoms with van der Waals surface area (Å²) in [6.45, 7) is 9.84. The first-order valence-electron chi connectivity index (χ1n) is 10.4. The van der Waals surface area contributed by atoms with Crippen molar-refractivity contribution in [1.29, 1.82) is 0 Å². The minimum atomic E-state index is -0.0399. The van der Waals surface area contributed by atoms with Gasteiger partial charge in [-0.05, 0) is 62.6 Å². The average molecular weight is 397 g/mol. The lowest BCUT2D eigenvalue weighted by Crippen LogP contribution is -2.22. The van der Waals surface area contributed by atoms with Crippen LogP contribution in [-0.2, 0) is 13.1 Å². The molecule has 0 atom stereocenters. The number of nitrogens with zero attached hydrogens (tertiary/aromatic N) is 1. The summed E-state index contributed by atoms with van der Waals surface area (Å²) in [5.74, 6) is -0.0399. The van der Waals surface area contributed by atoms with E-state index in [9.17, 15) is 4.79 Å². The van der Waals surface area contributed by atoms with Crippen LogP contribution in [-0.4, -0.2) is 10.5 Å². The number of fused-ring (bicyclic) bond motifs is 1. The summed E-state index contributed by atoms with van der Waals surface area (Å²) in [6.07, 6.45) is 0. The smallest absolute Gasteiger partial charge is 0.251 e. The molecule has 1 N–H and O–H groups in total. The van der Waals surface area contributed by atoms with E-state index in [4.69, 9.17) is 0 Å². The zero-order chi connectivity index (χ0) is 21.3. The molecule has 0 saturated heterocycles. The van der Waals surface area contributed by atoms with Gasteiger partial charge in [0.2, 0.25) is 0 Å². The van der Waals surface area contributed by atoms with E-state index in [0.29, 0.717) is 12.1 Å². The number of carbonyl (C=O) groups is 1. The van der Waals surface area contributed by atoms with Crippen LogP contribution in [0, 0.1) is 27.7 Å². The maximum absolute atomic E-state index is 12.8. The summed E-state index contributed by atoms with van der Waals surface area (Å²) in [5, 5.41) is 4.19. The molecular formula is C27H28N2O. The molecule has 0 unspecified atom stereocenters. The van der Waals surface area contributed by atoms with Gasteiger partial charge in [-0.1, -0.05) is 59.7 Å². The molecule has 1 aromatic heterocycles. The predicted octanol–water partition coefficient (Wildman–Crippen LogP) is 5.85. The number of benzene rings is 3. The minimum Gasteiger partial charge on any atom is -0.348 e. The van der Waals surface area contributed by atoms with Crippen LogP contribution in [0.4, 0.5) is 0 Å². The summed E-state index contributed by atoms with van der Waals surface area (Å²) >= 11 is 0. The van der Waals surface area contributed by atoms with Crippen LogP contribution >= 0.6 is 0 Å². The van der Waals surface area contributed by atoms with Crippen LogP contribution in [0.2, 0.25) is 0 Å². The van der Waals surface area contributed by atoms with E-state index in [1.165, 1.54) is 33.5 Å². The topological polar surface area (TPSA) is 34.0 Å². The second kappa shape index (κ2) is 8.19. The fourth-order valence-corrected chi connectivity index (χ4v) is 4.09. The first-order chi connectivity index (χ1) is 14.4. The van der Waals surface area contributed by atoms with E-state index in [1.807, 2.05) is 24.3 Å². The van der Waals surface area contributed by atoms with Crippen LogP contribution in [0.25, 0.3) is 10.9 Å². The monoisotopic (exact) mass is 396 g/mol. The Morgan fingerprint density at radius 1 is 0.833 bits per heavy atom. The molecule has 1 amide bonds. The van der Waals surface area contributed by atoms with Gasteiger partial charge in [0.1, 0.15) is 0 Å². The summed E-state index contributed by atoms with van der Waals surface area (Å²) in [4.78, 5) is 12.8. The Balaban J connectivity index is 1.59. The Kier molecular flexibility index (Phi) is 5.45. The van der Waals surface area contributed by atoms with Crippen molar-refractivity contribution in [2.45, 2.75) is 40.8 Å². The third-order valence-electron chi connectivity index (χ3n) is 5.86. The zero-order valence-electron chi connectivity index (χ0n) is 18.1. The number of carbonyl (C=O) groups excluding carboxylic acids is 1. The molecule has 152 valence electrons. The normalized spacial score (nSPS) is 11.1. The number of rotatable bonds is 5. The summed E-state index contributed by atoms with van der Waals surface area (Å²) < 4.78 is 2.34. The quantitative estimate of drug-likeness (QED) is 0.451. The molecule has 30 heavy (non-hydrogen) atoms. The Bertz CT molecular complexity index is 1230. The molecule has 3 aromatic carbocycles. The molecular weight excluding hydrogens is 368 g/mol. The van der Waals surface area contributed by atoms with Gasteiger partial charge in [-0.15, -0.1) is 0 Å². The van der Waals surface area contributed by atoms with Gasteiger partial charge >= 0.3 is 0 Å². The highest BCUT2D eigenvalue weighted by atomic mass is 16.1. The lowest BCUT2D eigenvalue weighted by atomic mass is 10.1. The van der Waals surface area contributed by atoms with E-state index in [1.54, 1.807) is 0 Å². The lowest BCUT2D eigenvalue weighted by molar-refractivity contribution is 0.0951. The van der Waals surface area contributed by atoms with Gasteiger partial charge in [0.05, 0.1) is 0 Å². The van der Waals surface area contributed by atoms with Crippen LogP contribution in [0.5, 0.6) is 0 Å². The van der Waals surface area contributed by atoms with Gasteiger partial charge in [0, 0.05) is 35.2 Å². The second-order valence-corrected chi connectivity index (χ2v) is 8.19. The van der Waals surface area contributed by atoms with Crippen LogP contribution in [0.15, 0.2) is 66.7 Å². The molecule has 0 fully saturated rings. The van der Waals surface area contributed by atoms with E-state index in [0.717, 1.165) is 17.5 Å². The minimum absolute atomic E-state index is 0.0399. The Morgan fingerprint density at radius 2 is 1.50 bits per heavy atom. The number of aryl methyl sites for hydroxylation is 3. The molecule has 1 heterocycles. The molecule has 4 rings (SSSR count). The number of aromatic nitrogens is 1. The van der Waals surface area contributed by atoms with Crippen LogP contribution in [0.3, 0.4) is 0 Å². The predicted molar refractivity (Wildman–Crippen MR) is 124 cm³/mol. The zero-order valence-corrected chi connectivity index (χ0v) is 18.1. The molecule has 0 bridgehead atoms. The first kappa shape index (κ1) is 20.0. The molecule has 0 spiro atoms.